The Bertz CT molecular complexity index is 621. The van der Waals surface area contributed by atoms with Crippen LogP contribution in [0.2, 0.25) is 0 Å². The summed E-state index contributed by atoms with van der Waals surface area (Å²) in [5.74, 6) is -0.640. The molecule has 0 saturated carbocycles. The second-order valence-electron chi connectivity index (χ2n) is 2.97. The van der Waals surface area contributed by atoms with Crippen molar-refractivity contribution < 1.29 is 20.5 Å². The molecule has 0 bridgehead atoms. The lowest BCUT2D eigenvalue weighted by atomic mass is 10.2. The lowest BCUT2D eigenvalue weighted by molar-refractivity contribution is 0.0601. The number of esters is 1. The number of anilines is 1. The molecule has 16 heavy (non-hydrogen) atoms. The van der Waals surface area contributed by atoms with Gasteiger partial charge in [0.05, 0.1) is 18.2 Å². The average molecular weight is 228 g/mol. The fourth-order valence-corrected chi connectivity index (χ4v) is 1.22. The molecular weight excluding hydrogens is 204 g/mol. The molecule has 0 atom stereocenters. The van der Waals surface area contributed by atoms with E-state index in [0.29, 0.717) is 4.90 Å². The lowest BCUT2D eigenvalue weighted by Crippen LogP contribution is -2.43. The zero-order valence-electron chi connectivity index (χ0n) is 16.6. The van der Waals surface area contributed by atoms with E-state index < -0.39 is 32.0 Å². The van der Waals surface area contributed by atoms with E-state index in [1.807, 2.05) is 0 Å². The molecule has 0 unspecified atom stereocenters. The van der Waals surface area contributed by atoms with Gasteiger partial charge in [-0.2, -0.15) is 0 Å². The van der Waals surface area contributed by atoms with Crippen LogP contribution in [0.25, 0.3) is 0 Å². The standard InChI is InChI=1S/C12H16N2O2/c1-16-12(15)10-2-4-11(5-3-10)14-8-6-13-7-9-14/h2-5,13H,6-9H2,1H3/i6D2,7D2,8D2,9D2. The topological polar surface area (TPSA) is 41.6 Å². The highest BCUT2D eigenvalue weighted by Gasteiger charge is 2.11. The van der Waals surface area contributed by atoms with E-state index in [1.54, 1.807) is 5.32 Å². The van der Waals surface area contributed by atoms with Crippen LogP contribution < -0.4 is 10.2 Å². The maximum absolute atomic E-state index is 11.4. The Morgan fingerprint density at radius 3 is 2.56 bits per heavy atom. The number of rotatable bonds is 2. The summed E-state index contributed by atoms with van der Waals surface area (Å²) in [6, 6.07) is 4.94. The summed E-state index contributed by atoms with van der Waals surface area (Å²) in [4.78, 5) is 11.8. The van der Waals surface area contributed by atoms with Gasteiger partial charge >= 0.3 is 5.97 Å². The molecule has 2 rings (SSSR count). The average Bonchev–Trinajstić information content (AvgIpc) is 2.44. The number of hydrogen-bond donors (Lipinski definition) is 1. The van der Waals surface area contributed by atoms with Crippen LogP contribution in [0.4, 0.5) is 5.69 Å². The molecule has 0 aliphatic carbocycles. The molecule has 1 aromatic rings. The van der Waals surface area contributed by atoms with E-state index in [4.69, 9.17) is 11.0 Å². The smallest absolute Gasteiger partial charge is 0.337 e. The maximum Gasteiger partial charge on any atom is 0.337 e. The Morgan fingerprint density at radius 1 is 1.38 bits per heavy atom. The minimum atomic E-state index is -2.91. The minimum absolute atomic E-state index is 0.119. The number of ether oxygens (including phenoxy) is 1. The third-order valence-corrected chi connectivity index (χ3v) is 2.01. The van der Waals surface area contributed by atoms with Crippen molar-refractivity contribution in [1.29, 1.82) is 0 Å². The van der Waals surface area contributed by atoms with Crippen molar-refractivity contribution in [2.24, 2.45) is 0 Å². The first-order valence-corrected chi connectivity index (χ1v) is 4.56. The molecule has 1 fully saturated rings. The number of methoxy groups -OCH3 is 1. The van der Waals surface area contributed by atoms with E-state index in [2.05, 4.69) is 4.74 Å². The molecule has 1 aromatic carbocycles. The van der Waals surface area contributed by atoms with Crippen molar-refractivity contribution in [3.63, 3.8) is 0 Å². The number of carbonyl (C=O) groups excluding carboxylic acids is 1. The first kappa shape index (κ1) is 4.75. The number of nitrogens with one attached hydrogen (secondary N) is 1. The Morgan fingerprint density at radius 2 is 2.00 bits per heavy atom. The summed E-state index contributed by atoms with van der Waals surface area (Å²) < 4.78 is 67.4. The summed E-state index contributed by atoms with van der Waals surface area (Å²) in [5, 5.41) is 1.75. The predicted octanol–water partition coefficient (Wildman–Crippen LogP) is 0.883. The van der Waals surface area contributed by atoms with Gasteiger partial charge < -0.3 is 15.0 Å². The quantitative estimate of drug-likeness (QED) is 0.763. The van der Waals surface area contributed by atoms with Crippen molar-refractivity contribution in [2.75, 3.05) is 38.0 Å². The number of hydrogen-bond acceptors (Lipinski definition) is 4. The molecule has 1 saturated heterocycles. The van der Waals surface area contributed by atoms with Crippen molar-refractivity contribution in [3.05, 3.63) is 29.8 Å². The van der Waals surface area contributed by atoms with Gasteiger partial charge in [-0.25, -0.2) is 4.79 Å². The second kappa shape index (κ2) is 4.99. The van der Waals surface area contributed by atoms with Gasteiger partial charge in [-0.05, 0) is 24.3 Å². The highest BCUT2D eigenvalue weighted by atomic mass is 16.5. The first-order chi connectivity index (χ1) is 10.8. The summed E-state index contributed by atoms with van der Waals surface area (Å²) >= 11 is 0. The van der Waals surface area contributed by atoms with Crippen LogP contribution in [0.3, 0.4) is 0 Å². The molecule has 86 valence electrons. The van der Waals surface area contributed by atoms with E-state index in [1.165, 1.54) is 31.4 Å². The Balaban J connectivity index is 2.57. The van der Waals surface area contributed by atoms with Gasteiger partial charge in [-0.3, -0.25) is 0 Å². The van der Waals surface area contributed by atoms with Crippen molar-refractivity contribution in [1.82, 2.24) is 5.32 Å². The number of nitrogens with zero attached hydrogens (tertiary/aromatic N) is 1. The second-order valence-corrected chi connectivity index (χ2v) is 2.97. The monoisotopic (exact) mass is 228 g/mol. The fourth-order valence-electron chi connectivity index (χ4n) is 1.22. The number of carbonyl (C=O) groups is 1. The zero-order chi connectivity index (χ0) is 18.6. The maximum atomic E-state index is 11.4. The molecular formula is C12H16N2O2. The van der Waals surface area contributed by atoms with E-state index in [-0.39, 0.29) is 11.3 Å². The molecule has 4 heteroatoms. The van der Waals surface area contributed by atoms with Gasteiger partial charge in [-0.1, -0.05) is 0 Å². The minimum Gasteiger partial charge on any atom is -0.465 e. The third-order valence-electron chi connectivity index (χ3n) is 2.01. The molecule has 1 aliphatic rings. The van der Waals surface area contributed by atoms with Crippen LogP contribution in [0.5, 0.6) is 0 Å². The Hall–Kier alpha value is -1.55. The van der Waals surface area contributed by atoms with Crippen LogP contribution in [-0.2, 0) is 4.74 Å². The molecule has 0 spiro atoms. The SMILES string of the molecule is [2H]C1([2H])NC([2H])([2H])C([2H])([2H])N(c2ccc(C(=O)OC)cc2)C1([2H])[2H]. The summed E-state index contributed by atoms with van der Waals surface area (Å²) in [5.41, 5.74) is 0.0235. The van der Waals surface area contributed by atoms with E-state index in [9.17, 15) is 4.79 Å². The largest absolute Gasteiger partial charge is 0.465 e. The molecule has 1 N–H and O–H groups in total. The molecule has 1 heterocycles. The van der Waals surface area contributed by atoms with Crippen LogP contribution in [0.1, 0.15) is 21.3 Å². The van der Waals surface area contributed by atoms with E-state index in [0.717, 1.165) is 0 Å². The Kier molecular flexibility index (Phi) is 1.48. The third kappa shape index (κ3) is 2.33. The number of piperazine rings is 1. The molecule has 0 amide bonds. The van der Waals surface area contributed by atoms with Gasteiger partial charge in [0, 0.05) is 37.2 Å². The molecule has 1 aliphatic heterocycles. The van der Waals surface area contributed by atoms with Crippen molar-refractivity contribution in [2.45, 2.75) is 0 Å². The van der Waals surface area contributed by atoms with Gasteiger partial charge in [0.1, 0.15) is 0 Å². The summed E-state index contributed by atoms with van der Waals surface area (Å²) in [7, 11) is 1.19. The van der Waals surface area contributed by atoms with E-state index >= 15 is 0 Å². The Labute approximate surface area is 106 Å². The highest BCUT2D eigenvalue weighted by molar-refractivity contribution is 5.89. The van der Waals surface area contributed by atoms with Crippen LogP contribution in [-0.4, -0.2) is 39.1 Å². The van der Waals surface area contributed by atoms with Crippen LogP contribution in [0.15, 0.2) is 24.3 Å². The highest BCUT2D eigenvalue weighted by Crippen LogP contribution is 2.16. The zero-order valence-corrected chi connectivity index (χ0v) is 8.57. The normalized spacial score (nSPS) is 35.9. The van der Waals surface area contributed by atoms with Gasteiger partial charge in [0.15, 0.2) is 0 Å². The van der Waals surface area contributed by atoms with Gasteiger partial charge in [0.2, 0.25) is 0 Å². The van der Waals surface area contributed by atoms with Crippen LogP contribution in [0, 0.1) is 0 Å². The summed E-state index contributed by atoms with van der Waals surface area (Å²) in [6.07, 6.45) is 0. The lowest BCUT2D eigenvalue weighted by Gasteiger charge is -2.29. The van der Waals surface area contributed by atoms with Gasteiger partial charge in [-0.15, -0.1) is 0 Å². The predicted molar refractivity (Wildman–Crippen MR) is 62.9 cm³/mol. The first-order valence-electron chi connectivity index (χ1n) is 8.56. The van der Waals surface area contributed by atoms with Crippen molar-refractivity contribution in [3.8, 4) is 0 Å². The fraction of sp³-hybridized carbons (Fsp3) is 0.417. The number of benzene rings is 1. The molecule has 0 radical (unpaired) electrons. The molecule has 0 aromatic heterocycles. The van der Waals surface area contributed by atoms with Crippen molar-refractivity contribution >= 4 is 11.7 Å². The summed E-state index contributed by atoms with van der Waals surface area (Å²) in [6.45, 7) is -11.6. The molecule has 4 nitrogen and oxygen atoms in total. The van der Waals surface area contributed by atoms with Gasteiger partial charge in [0.25, 0.3) is 0 Å². The van der Waals surface area contributed by atoms with Crippen LogP contribution >= 0.6 is 0 Å².